The second-order valence-corrected chi connectivity index (χ2v) is 15.6. The van der Waals surface area contributed by atoms with Crippen molar-refractivity contribution in [3.8, 4) is 11.1 Å². The summed E-state index contributed by atoms with van der Waals surface area (Å²) in [5, 5.41) is 5.48. The van der Waals surface area contributed by atoms with Gasteiger partial charge < -0.3 is 0 Å². The van der Waals surface area contributed by atoms with E-state index in [1.165, 1.54) is 93.5 Å². The van der Waals surface area contributed by atoms with Crippen LogP contribution < -0.4 is 0 Å². The first-order valence-electron chi connectivity index (χ1n) is 16.3. The zero-order valence-corrected chi connectivity index (χ0v) is 30.4. The second kappa shape index (κ2) is 13.1. The maximum absolute atomic E-state index is 2.46. The zero-order chi connectivity index (χ0) is 32.5. The predicted octanol–water partition coefficient (Wildman–Crippen LogP) is 12.1. The molecule has 1 aliphatic carbocycles. The summed E-state index contributed by atoms with van der Waals surface area (Å²) in [4.78, 5) is 0. The Morgan fingerprint density at radius 2 is 1.24 bits per heavy atom. The summed E-state index contributed by atoms with van der Waals surface area (Å²) >= 11 is 1.46. The van der Waals surface area contributed by atoms with Crippen molar-refractivity contribution in [1.82, 2.24) is 0 Å². The van der Waals surface area contributed by atoms with Crippen molar-refractivity contribution in [2.45, 2.75) is 58.8 Å². The molecule has 0 radical (unpaired) electrons. The minimum atomic E-state index is 0.0259. The van der Waals surface area contributed by atoms with Crippen LogP contribution in [0.25, 0.3) is 38.2 Å². The monoisotopic (exact) mass is 673 g/mol. The molecule has 0 aromatic heterocycles. The van der Waals surface area contributed by atoms with E-state index in [0.29, 0.717) is 0 Å². The quantitative estimate of drug-likeness (QED) is 0.163. The number of hydrogen-bond donors (Lipinski definition) is 0. The van der Waals surface area contributed by atoms with E-state index in [9.17, 15) is 0 Å². The molecule has 0 bridgehead atoms. The van der Waals surface area contributed by atoms with Crippen LogP contribution in [0.15, 0.2) is 140 Å². The molecule has 0 aliphatic heterocycles. The fourth-order valence-electron chi connectivity index (χ4n) is 6.59. The summed E-state index contributed by atoms with van der Waals surface area (Å²) in [7, 11) is 0. The van der Waals surface area contributed by atoms with E-state index in [2.05, 4.69) is 181 Å². The van der Waals surface area contributed by atoms with Crippen molar-refractivity contribution in [3.05, 3.63) is 167 Å². The summed E-state index contributed by atoms with van der Waals surface area (Å²) in [6, 6.07) is 44.0. The molecular weight excluding hydrogens is 632 g/mol. The number of fused-ring (bicyclic) bond motifs is 3. The van der Waals surface area contributed by atoms with Crippen molar-refractivity contribution in [1.29, 1.82) is 0 Å². The molecule has 228 valence electrons. The van der Waals surface area contributed by atoms with Gasteiger partial charge in [-0.05, 0) is 28.4 Å². The maximum atomic E-state index is 2.46. The van der Waals surface area contributed by atoms with Gasteiger partial charge in [-0.1, -0.05) is 131 Å². The van der Waals surface area contributed by atoms with Crippen molar-refractivity contribution < 1.29 is 24.2 Å². The Labute approximate surface area is 290 Å². The molecule has 0 amide bonds. The Hall–Kier alpha value is -3.80. The van der Waals surface area contributed by atoms with E-state index >= 15 is 0 Å². The Balaban J connectivity index is 0.000000221. The molecule has 0 atom stereocenters. The Bertz CT molecular complexity index is 2020. The molecule has 0 spiro atoms. The molecule has 0 saturated carbocycles. The van der Waals surface area contributed by atoms with Crippen LogP contribution in [0.4, 0.5) is 0 Å². The van der Waals surface area contributed by atoms with Gasteiger partial charge in [-0.15, -0.1) is 33.7 Å². The SMILES string of the molecule is CC(C)(C)c1ccc2c(c1)[cH-]c1c(C3=CC=CC3)c(C(C)(C)C)c(-c3ccccc3)cc12.[Zr]=[C](c1ccccc1)c1ccccc1. The van der Waals surface area contributed by atoms with Crippen LogP contribution in [0.2, 0.25) is 0 Å². The van der Waals surface area contributed by atoms with E-state index in [1.807, 2.05) is 0 Å². The van der Waals surface area contributed by atoms with E-state index < -0.39 is 0 Å². The van der Waals surface area contributed by atoms with Crippen LogP contribution in [-0.4, -0.2) is 3.21 Å². The molecule has 6 aromatic carbocycles. The topological polar surface area (TPSA) is 0 Å². The Kier molecular flexibility index (Phi) is 9.18. The van der Waals surface area contributed by atoms with Gasteiger partial charge in [-0.2, -0.15) is 0 Å². The van der Waals surface area contributed by atoms with E-state index in [-0.39, 0.29) is 10.8 Å². The summed E-state index contributed by atoms with van der Waals surface area (Å²) in [5.74, 6) is 0. The standard InChI is InChI=1S/C32H33.C13H10.Zr/c1-31(2,3)24-16-17-25-23(18-24)19-28-27(25)20-26(21-12-8-7-9-13-21)30(32(4,5)6)29(28)22-14-10-11-15-22;1-3-7-12(8-4-1)11-13-9-5-2-6-10-13;/h7-14,16-20H,15H2,1-6H3;1-10H;/q-1;;. The van der Waals surface area contributed by atoms with Gasteiger partial charge in [0.2, 0.25) is 0 Å². The van der Waals surface area contributed by atoms with E-state index in [4.69, 9.17) is 0 Å². The van der Waals surface area contributed by atoms with Gasteiger partial charge in [0.15, 0.2) is 0 Å². The average molecular weight is 675 g/mol. The first kappa shape index (κ1) is 32.2. The van der Waals surface area contributed by atoms with Gasteiger partial charge in [0.05, 0.1) is 0 Å². The molecule has 7 rings (SSSR count). The molecule has 1 heteroatoms. The van der Waals surface area contributed by atoms with E-state index in [1.54, 1.807) is 0 Å². The first-order valence-corrected chi connectivity index (χ1v) is 17.6. The van der Waals surface area contributed by atoms with Crippen LogP contribution in [0, 0.1) is 0 Å². The normalized spacial score (nSPS) is 13.0. The molecule has 6 aromatic rings. The third-order valence-electron chi connectivity index (χ3n) is 8.93. The van der Waals surface area contributed by atoms with E-state index in [0.717, 1.165) is 6.42 Å². The molecule has 0 N–H and O–H groups in total. The van der Waals surface area contributed by atoms with Crippen molar-refractivity contribution in [3.63, 3.8) is 0 Å². The van der Waals surface area contributed by atoms with Crippen LogP contribution >= 0.6 is 0 Å². The number of benzene rings is 5. The van der Waals surface area contributed by atoms with Gasteiger partial charge in [0.1, 0.15) is 0 Å². The molecule has 0 fully saturated rings. The van der Waals surface area contributed by atoms with Gasteiger partial charge in [0.25, 0.3) is 0 Å². The first-order chi connectivity index (χ1) is 22.0. The second-order valence-electron chi connectivity index (χ2n) is 14.4. The van der Waals surface area contributed by atoms with Gasteiger partial charge in [-0.25, -0.2) is 0 Å². The van der Waals surface area contributed by atoms with Gasteiger partial charge in [0, 0.05) is 0 Å². The van der Waals surface area contributed by atoms with Gasteiger partial charge >= 0.3 is 99.2 Å². The third kappa shape index (κ3) is 6.68. The Morgan fingerprint density at radius 3 is 1.76 bits per heavy atom. The molecule has 46 heavy (non-hydrogen) atoms. The fraction of sp³-hybridized carbons (Fsp3) is 0.200. The summed E-state index contributed by atoms with van der Waals surface area (Å²) in [5.41, 5.74) is 11.2. The molecule has 0 unspecified atom stereocenters. The zero-order valence-electron chi connectivity index (χ0n) is 28.0. The molecular formula is C45H43Zr-. The predicted molar refractivity (Wildman–Crippen MR) is 198 cm³/mol. The minimum absolute atomic E-state index is 0.0259. The Morgan fingerprint density at radius 1 is 0.652 bits per heavy atom. The summed E-state index contributed by atoms with van der Waals surface area (Å²) < 4.78 is 1.42. The van der Waals surface area contributed by atoms with Crippen molar-refractivity contribution >= 4 is 30.3 Å². The molecule has 0 saturated heterocycles. The molecule has 1 aliphatic rings. The van der Waals surface area contributed by atoms with Crippen LogP contribution in [0.5, 0.6) is 0 Å². The summed E-state index contributed by atoms with van der Waals surface area (Å²) in [6.45, 7) is 13.9. The average Bonchev–Trinajstić information content (AvgIpc) is 3.72. The fourth-order valence-corrected chi connectivity index (χ4v) is 7.41. The third-order valence-corrected chi connectivity index (χ3v) is 10.3. The number of allylic oxidation sites excluding steroid dienone is 4. The van der Waals surface area contributed by atoms with Crippen molar-refractivity contribution in [2.24, 2.45) is 0 Å². The van der Waals surface area contributed by atoms with Crippen LogP contribution in [0.1, 0.15) is 75.8 Å². The van der Waals surface area contributed by atoms with Crippen molar-refractivity contribution in [2.75, 3.05) is 0 Å². The number of hydrogen-bond acceptors (Lipinski definition) is 0. The molecule has 0 heterocycles. The number of rotatable bonds is 4. The molecule has 0 nitrogen and oxygen atoms in total. The van der Waals surface area contributed by atoms with Crippen LogP contribution in [0.3, 0.4) is 0 Å². The summed E-state index contributed by atoms with van der Waals surface area (Å²) in [6.07, 6.45) is 7.81. The van der Waals surface area contributed by atoms with Gasteiger partial charge in [-0.3, -0.25) is 0 Å². The van der Waals surface area contributed by atoms with Crippen LogP contribution in [-0.2, 0) is 35.1 Å².